The first-order valence-electron chi connectivity index (χ1n) is 7.42. The average molecular weight is 335 g/mol. The van der Waals surface area contributed by atoms with E-state index in [-0.39, 0.29) is 0 Å². The number of rotatable bonds is 7. The Hall–Kier alpha value is -0.930. The lowest BCUT2D eigenvalue weighted by Gasteiger charge is -2.30. The molecule has 0 amide bonds. The number of hydrogen-bond donors (Lipinski definition) is 0. The van der Waals surface area contributed by atoms with Crippen LogP contribution in [-0.2, 0) is 6.54 Å². The van der Waals surface area contributed by atoms with Gasteiger partial charge in [0.2, 0.25) is 0 Å². The minimum Gasteiger partial charge on any atom is -0.295 e. The molecule has 1 aromatic carbocycles. The molecule has 1 aromatic heterocycles. The molecular weight excluding hydrogens is 312 g/mol. The summed E-state index contributed by atoms with van der Waals surface area (Å²) >= 11 is 3.58. The first kappa shape index (κ1) is 15.5. The molecule has 2 nitrogen and oxygen atoms in total. The van der Waals surface area contributed by atoms with Crippen LogP contribution in [-0.4, -0.2) is 27.8 Å². The van der Waals surface area contributed by atoms with Crippen molar-refractivity contribution < 1.29 is 0 Å². The van der Waals surface area contributed by atoms with Gasteiger partial charge in [0.15, 0.2) is 0 Å². The number of benzene rings is 1. The summed E-state index contributed by atoms with van der Waals surface area (Å²) in [5.74, 6) is 0. The molecule has 3 heteroatoms. The summed E-state index contributed by atoms with van der Waals surface area (Å²) in [5.41, 5.74) is 2.47. The van der Waals surface area contributed by atoms with Crippen LogP contribution in [0.15, 0.2) is 36.5 Å². The Balaban J connectivity index is 2.28. The van der Waals surface area contributed by atoms with E-state index in [1.807, 2.05) is 12.3 Å². The van der Waals surface area contributed by atoms with Gasteiger partial charge in [0.25, 0.3) is 0 Å². The fourth-order valence-electron chi connectivity index (χ4n) is 2.82. The van der Waals surface area contributed by atoms with Crippen LogP contribution in [0.1, 0.15) is 32.3 Å². The predicted molar refractivity (Wildman–Crippen MR) is 90.3 cm³/mol. The van der Waals surface area contributed by atoms with E-state index in [9.17, 15) is 0 Å². The van der Waals surface area contributed by atoms with Gasteiger partial charge in [-0.15, -0.1) is 0 Å². The molecule has 0 aliphatic rings. The lowest BCUT2D eigenvalue weighted by molar-refractivity contribution is 0.189. The van der Waals surface area contributed by atoms with Gasteiger partial charge in [-0.3, -0.25) is 9.88 Å². The quantitative estimate of drug-likeness (QED) is 0.687. The van der Waals surface area contributed by atoms with Crippen molar-refractivity contribution >= 4 is 26.8 Å². The molecule has 0 unspecified atom stereocenters. The van der Waals surface area contributed by atoms with Crippen LogP contribution < -0.4 is 0 Å². The molecule has 0 bridgehead atoms. The molecule has 20 heavy (non-hydrogen) atoms. The highest BCUT2D eigenvalue weighted by atomic mass is 79.9. The molecule has 2 rings (SSSR count). The summed E-state index contributed by atoms with van der Waals surface area (Å²) in [6.45, 7) is 6.61. The number of aromatic nitrogens is 1. The SMILES string of the molecule is CCC(CC)N(CCBr)Cc1cccc2cccnc12. The number of fused-ring (bicyclic) bond motifs is 1. The second kappa shape index (κ2) is 7.75. The van der Waals surface area contributed by atoms with Crippen molar-refractivity contribution in [3.05, 3.63) is 42.1 Å². The van der Waals surface area contributed by atoms with Gasteiger partial charge >= 0.3 is 0 Å². The molecule has 0 fully saturated rings. The van der Waals surface area contributed by atoms with Crippen LogP contribution in [0.25, 0.3) is 10.9 Å². The van der Waals surface area contributed by atoms with Crippen LogP contribution in [0, 0.1) is 0 Å². The van der Waals surface area contributed by atoms with Gasteiger partial charge in [-0.1, -0.05) is 54.0 Å². The van der Waals surface area contributed by atoms with Gasteiger partial charge in [0.05, 0.1) is 5.52 Å². The van der Waals surface area contributed by atoms with E-state index in [1.165, 1.54) is 23.8 Å². The average Bonchev–Trinajstić information content (AvgIpc) is 2.49. The van der Waals surface area contributed by atoms with Gasteiger partial charge in [-0.25, -0.2) is 0 Å². The Kier molecular flexibility index (Phi) is 5.99. The Bertz CT molecular complexity index is 532. The fraction of sp³-hybridized carbons (Fsp3) is 0.471. The van der Waals surface area contributed by atoms with Crippen molar-refractivity contribution in [1.29, 1.82) is 0 Å². The maximum atomic E-state index is 4.57. The maximum Gasteiger partial charge on any atom is 0.0746 e. The zero-order chi connectivity index (χ0) is 14.4. The highest BCUT2D eigenvalue weighted by molar-refractivity contribution is 9.09. The first-order valence-corrected chi connectivity index (χ1v) is 8.54. The van der Waals surface area contributed by atoms with Crippen molar-refractivity contribution in [1.82, 2.24) is 9.88 Å². The third-order valence-corrected chi connectivity index (χ3v) is 4.27. The molecular formula is C17H23BrN2. The number of nitrogens with zero attached hydrogens (tertiary/aromatic N) is 2. The van der Waals surface area contributed by atoms with E-state index < -0.39 is 0 Å². The summed E-state index contributed by atoms with van der Waals surface area (Å²) in [5, 5.41) is 2.25. The van der Waals surface area contributed by atoms with E-state index in [1.54, 1.807) is 0 Å². The number of hydrogen-bond acceptors (Lipinski definition) is 2. The molecule has 2 aromatic rings. The molecule has 0 atom stereocenters. The normalized spacial score (nSPS) is 11.7. The molecule has 1 heterocycles. The van der Waals surface area contributed by atoms with Crippen molar-refractivity contribution in [2.75, 3.05) is 11.9 Å². The lowest BCUT2D eigenvalue weighted by atomic mass is 10.1. The topological polar surface area (TPSA) is 16.1 Å². The van der Waals surface area contributed by atoms with Crippen LogP contribution in [0.4, 0.5) is 0 Å². The predicted octanol–water partition coefficient (Wildman–Crippen LogP) is 4.62. The summed E-state index contributed by atoms with van der Waals surface area (Å²) < 4.78 is 0. The van der Waals surface area contributed by atoms with Gasteiger partial charge in [-0.2, -0.15) is 0 Å². The Morgan fingerprint density at radius 1 is 1.15 bits per heavy atom. The zero-order valence-electron chi connectivity index (χ0n) is 12.3. The molecule has 0 saturated heterocycles. The minimum absolute atomic E-state index is 0.645. The number of halogens is 1. The second-order valence-electron chi connectivity index (χ2n) is 5.12. The Labute approximate surface area is 130 Å². The van der Waals surface area contributed by atoms with E-state index in [2.05, 4.69) is 63.9 Å². The summed E-state index contributed by atoms with van der Waals surface area (Å²) in [6, 6.07) is 11.3. The lowest BCUT2D eigenvalue weighted by Crippen LogP contribution is -2.35. The van der Waals surface area contributed by atoms with Gasteiger partial charge < -0.3 is 0 Å². The minimum atomic E-state index is 0.645. The Morgan fingerprint density at radius 2 is 1.90 bits per heavy atom. The van der Waals surface area contributed by atoms with Crippen LogP contribution in [0.3, 0.4) is 0 Å². The van der Waals surface area contributed by atoms with Crippen LogP contribution in [0.5, 0.6) is 0 Å². The van der Waals surface area contributed by atoms with Gasteiger partial charge in [0.1, 0.15) is 0 Å². The molecule has 0 saturated carbocycles. The van der Waals surface area contributed by atoms with Gasteiger partial charge in [-0.05, 0) is 24.5 Å². The smallest absolute Gasteiger partial charge is 0.0746 e. The summed E-state index contributed by atoms with van der Waals surface area (Å²) in [7, 11) is 0. The molecule has 108 valence electrons. The van der Waals surface area contributed by atoms with Gasteiger partial charge in [0, 0.05) is 36.0 Å². The first-order chi connectivity index (χ1) is 9.80. The van der Waals surface area contributed by atoms with Crippen molar-refractivity contribution in [3.8, 4) is 0 Å². The number of alkyl halides is 1. The third-order valence-electron chi connectivity index (χ3n) is 3.92. The summed E-state index contributed by atoms with van der Waals surface area (Å²) in [6.07, 6.45) is 4.28. The standard InChI is InChI=1S/C17H23BrN2/c1-3-16(4-2)20(12-10-18)13-15-8-5-7-14-9-6-11-19-17(14)15/h5-9,11,16H,3-4,10,12-13H2,1-2H3. The van der Waals surface area contributed by atoms with Crippen molar-refractivity contribution in [2.24, 2.45) is 0 Å². The van der Waals surface area contributed by atoms with Crippen molar-refractivity contribution in [2.45, 2.75) is 39.3 Å². The number of para-hydroxylation sites is 1. The monoisotopic (exact) mass is 334 g/mol. The fourth-order valence-corrected chi connectivity index (χ4v) is 3.27. The highest BCUT2D eigenvalue weighted by Gasteiger charge is 2.16. The molecule has 0 aliphatic heterocycles. The van der Waals surface area contributed by atoms with Crippen LogP contribution >= 0.6 is 15.9 Å². The van der Waals surface area contributed by atoms with Crippen molar-refractivity contribution in [3.63, 3.8) is 0 Å². The molecule has 0 N–H and O–H groups in total. The van der Waals surface area contributed by atoms with E-state index >= 15 is 0 Å². The Morgan fingerprint density at radius 3 is 2.60 bits per heavy atom. The number of pyridine rings is 1. The highest BCUT2D eigenvalue weighted by Crippen LogP contribution is 2.20. The molecule has 0 radical (unpaired) electrons. The largest absolute Gasteiger partial charge is 0.295 e. The maximum absolute atomic E-state index is 4.57. The zero-order valence-corrected chi connectivity index (χ0v) is 13.9. The van der Waals surface area contributed by atoms with E-state index in [0.29, 0.717) is 6.04 Å². The third kappa shape index (κ3) is 3.58. The molecule has 0 spiro atoms. The molecule has 0 aliphatic carbocycles. The summed E-state index contributed by atoms with van der Waals surface area (Å²) in [4.78, 5) is 7.13. The van der Waals surface area contributed by atoms with E-state index in [4.69, 9.17) is 0 Å². The van der Waals surface area contributed by atoms with E-state index in [0.717, 1.165) is 23.9 Å². The van der Waals surface area contributed by atoms with Crippen LogP contribution in [0.2, 0.25) is 0 Å². The second-order valence-corrected chi connectivity index (χ2v) is 5.92.